The average molecular weight is 646 g/mol. The first-order chi connectivity index (χ1) is 22.6. The maximum atomic E-state index is 14.1. The van der Waals surface area contributed by atoms with E-state index < -0.39 is 59.8 Å². The van der Waals surface area contributed by atoms with Crippen LogP contribution < -0.4 is 0 Å². The van der Waals surface area contributed by atoms with Crippen molar-refractivity contribution in [1.82, 2.24) is 19.7 Å². The van der Waals surface area contributed by atoms with Gasteiger partial charge < -0.3 is 24.1 Å². The van der Waals surface area contributed by atoms with Gasteiger partial charge in [-0.1, -0.05) is 31.2 Å². The van der Waals surface area contributed by atoms with Gasteiger partial charge in [0.25, 0.3) is 0 Å². The Kier molecular flexibility index (Phi) is 8.41. The third kappa shape index (κ3) is 4.99. The summed E-state index contributed by atoms with van der Waals surface area (Å²) < 4.78 is 16.7. The average Bonchev–Trinajstić information content (AvgIpc) is 3.67. The second kappa shape index (κ2) is 12.3. The quantitative estimate of drug-likeness (QED) is 0.243. The number of aliphatic imine (C=N–C) groups is 1. The Morgan fingerprint density at radius 3 is 2.57 bits per heavy atom. The number of cyclic esters (lactones) is 1. The van der Waals surface area contributed by atoms with Crippen LogP contribution in [0.15, 0.2) is 58.6 Å². The third-order valence-electron chi connectivity index (χ3n) is 9.92. The standard InChI is InChI=1S/C34H39N5O8/c1-6-20-22-13-14-23-26(29(42)38(28(23)41)18-25(40)45-5)27(22)34(4)31(35-16-15-19-17-36-24-12-10-9-11-21(19)24)47-33(44)39(34)30(20)46-32(43)37(7-2)8-3/h9-13,17,23,26-27,36H,6-8,14-16,18H2,1-5H3/t23-,26-,27+,34+/m1/s1. The number of amides is 4. The number of carbonyl (C=O) groups excluding carboxylic acids is 5. The molecule has 0 saturated carbocycles. The fourth-order valence-corrected chi connectivity index (χ4v) is 7.57. The van der Waals surface area contributed by atoms with Gasteiger partial charge in [0.05, 0.1) is 18.9 Å². The van der Waals surface area contributed by atoms with E-state index in [4.69, 9.17) is 19.2 Å². The number of carbonyl (C=O) groups is 5. The largest absolute Gasteiger partial charge is 0.468 e. The summed E-state index contributed by atoms with van der Waals surface area (Å²) in [7, 11) is 1.19. The van der Waals surface area contributed by atoms with Crippen molar-refractivity contribution >= 4 is 46.8 Å². The predicted octanol–water partition coefficient (Wildman–Crippen LogP) is 4.15. The number of benzene rings is 1. The van der Waals surface area contributed by atoms with Gasteiger partial charge >= 0.3 is 18.2 Å². The zero-order chi connectivity index (χ0) is 33.6. The highest BCUT2D eigenvalue weighted by atomic mass is 16.6. The smallest absolute Gasteiger partial charge is 0.424 e. The molecule has 4 amide bonds. The molecule has 0 bridgehead atoms. The lowest BCUT2D eigenvalue weighted by atomic mass is 9.61. The Hall–Kier alpha value is -4.94. The molecule has 1 aliphatic carbocycles. The summed E-state index contributed by atoms with van der Waals surface area (Å²) in [5.41, 5.74) is 1.86. The van der Waals surface area contributed by atoms with Crippen molar-refractivity contribution in [2.75, 3.05) is 33.3 Å². The molecule has 1 aromatic carbocycles. The number of rotatable bonds is 9. The van der Waals surface area contributed by atoms with Gasteiger partial charge in [0.15, 0.2) is 0 Å². The molecule has 1 aromatic heterocycles. The van der Waals surface area contributed by atoms with Crippen molar-refractivity contribution in [2.24, 2.45) is 22.7 Å². The number of nitrogens with one attached hydrogen (secondary N) is 1. The molecule has 2 saturated heterocycles. The van der Waals surface area contributed by atoms with Crippen LogP contribution >= 0.6 is 0 Å². The number of esters is 1. The van der Waals surface area contributed by atoms with E-state index in [2.05, 4.69) is 4.98 Å². The first kappa shape index (κ1) is 32.0. The summed E-state index contributed by atoms with van der Waals surface area (Å²) in [4.78, 5) is 78.8. The highest BCUT2D eigenvalue weighted by molar-refractivity contribution is 6.10. The van der Waals surface area contributed by atoms with E-state index >= 15 is 0 Å². The van der Waals surface area contributed by atoms with Gasteiger partial charge in [0.2, 0.25) is 23.6 Å². The lowest BCUT2D eigenvalue weighted by Crippen LogP contribution is -2.60. The molecule has 2 aromatic rings. The molecule has 13 nitrogen and oxygen atoms in total. The van der Waals surface area contributed by atoms with Crippen LogP contribution in [-0.4, -0.2) is 94.4 Å². The first-order valence-electron chi connectivity index (χ1n) is 16.0. The molecule has 4 aliphatic rings. The summed E-state index contributed by atoms with van der Waals surface area (Å²) in [6.07, 6.45) is 3.52. The molecule has 0 radical (unpaired) electrons. The number of hydrogen-bond donors (Lipinski definition) is 1. The molecule has 47 heavy (non-hydrogen) atoms. The van der Waals surface area contributed by atoms with Crippen LogP contribution in [0.25, 0.3) is 10.9 Å². The second-order valence-electron chi connectivity index (χ2n) is 12.2. The Balaban J connectivity index is 1.45. The number of aromatic nitrogens is 1. The van der Waals surface area contributed by atoms with Crippen molar-refractivity contribution in [2.45, 2.75) is 52.5 Å². The van der Waals surface area contributed by atoms with E-state index in [9.17, 15) is 24.0 Å². The lowest BCUT2D eigenvalue weighted by Gasteiger charge is -2.49. The number of aromatic amines is 1. The fourth-order valence-electron chi connectivity index (χ4n) is 7.57. The van der Waals surface area contributed by atoms with Gasteiger partial charge in [-0.3, -0.25) is 24.3 Å². The Morgan fingerprint density at radius 2 is 1.87 bits per heavy atom. The molecule has 4 heterocycles. The molecule has 6 rings (SSSR count). The van der Waals surface area contributed by atoms with Crippen molar-refractivity contribution in [3.8, 4) is 0 Å². The van der Waals surface area contributed by atoms with E-state index in [1.165, 1.54) is 16.9 Å². The zero-order valence-electron chi connectivity index (χ0n) is 27.2. The van der Waals surface area contributed by atoms with Crippen molar-refractivity contribution in [3.63, 3.8) is 0 Å². The van der Waals surface area contributed by atoms with Crippen molar-refractivity contribution < 1.29 is 38.2 Å². The zero-order valence-corrected chi connectivity index (χ0v) is 27.2. The molecule has 0 spiro atoms. The number of likely N-dealkylation sites (tertiary alicyclic amines) is 1. The molecular formula is C34H39N5O8. The molecule has 13 heteroatoms. The highest BCUT2D eigenvalue weighted by Crippen LogP contribution is 2.56. The number of ether oxygens (including phenoxy) is 3. The summed E-state index contributed by atoms with van der Waals surface area (Å²) in [5, 5.41) is 1.06. The Morgan fingerprint density at radius 1 is 1.13 bits per heavy atom. The van der Waals surface area contributed by atoms with Crippen LogP contribution in [0.5, 0.6) is 0 Å². The number of hydrogen-bond acceptors (Lipinski definition) is 9. The van der Waals surface area contributed by atoms with Crippen LogP contribution in [0.2, 0.25) is 0 Å². The summed E-state index contributed by atoms with van der Waals surface area (Å²) in [5.74, 6) is -4.08. The number of allylic oxidation sites excluding steroid dienone is 2. The molecular weight excluding hydrogens is 606 g/mol. The maximum absolute atomic E-state index is 14.1. The van der Waals surface area contributed by atoms with Crippen LogP contribution in [0.4, 0.5) is 9.59 Å². The number of fused-ring (bicyclic) bond motifs is 6. The minimum atomic E-state index is -1.43. The summed E-state index contributed by atoms with van der Waals surface area (Å²) in [6, 6.07) is 7.91. The SMILES string of the molecule is CCC1=C(OC(=O)N(CC)CC)N2C(=O)OC(=NCCc3c[nH]c4ccccc34)[C@]2(C)[C@H]2C1=CC[C@H]1C(=O)N(CC(=O)OC)C(=O)[C@H]12. The van der Waals surface area contributed by atoms with Crippen molar-refractivity contribution in [3.05, 3.63) is 59.1 Å². The Labute approximate surface area is 272 Å². The van der Waals surface area contributed by atoms with E-state index in [1.54, 1.807) is 6.92 Å². The molecule has 248 valence electrons. The number of methoxy groups -OCH3 is 1. The maximum Gasteiger partial charge on any atom is 0.424 e. The van der Waals surface area contributed by atoms with Gasteiger partial charge in [-0.05, 0) is 57.2 Å². The number of H-pyrrole nitrogens is 1. The molecule has 3 aliphatic heterocycles. The van der Waals surface area contributed by atoms with Gasteiger partial charge in [-0.25, -0.2) is 14.5 Å². The van der Waals surface area contributed by atoms with Crippen LogP contribution in [0.3, 0.4) is 0 Å². The van der Waals surface area contributed by atoms with E-state index in [0.717, 1.165) is 21.4 Å². The van der Waals surface area contributed by atoms with Gasteiger partial charge in [-0.15, -0.1) is 0 Å². The number of nitrogens with zero attached hydrogens (tertiary/aromatic N) is 4. The lowest BCUT2D eigenvalue weighted by molar-refractivity contribution is -0.151. The normalized spacial score (nSPS) is 25.9. The minimum Gasteiger partial charge on any atom is -0.468 e. The van der Waals surface area contributed by atoms with E-state index in [-0.39, 0.29) is 24.7 Å². The van der Waals surface area contributed by atoms with Gasteiger partial charge in [-0.2, -0.15) is 0 Å². The van der Waals surface area contributed by atoms with Gasteiger partial charge in [0, 0.05) is 48.2 Å². The van der Waals surface area contributed by atoms with Crippen LogP contribution in [0, 0.1) is 17.8 Å². The summed E-state index contributed by atoms with van der Waals surface area (Å²) >= 11 is 0. The van der Waals surface area contributed by atoms with Crippen molar-refractivity contribution in [1.29, 1.82) is 0 Å². The van der Waals surface area contributed by atoms with Crippen LogP contribution in [-0.2, 0) is 35.0 Å². The van der Waals surface area contributed by atoms with E-state index in [1.807, 2.05) is 57.3 Å². The highest BCUT2D eigenvalue weighted by Gasteiger charge is 2.68. The number of para-hydroxylation sites is 1. The third-order valence-corrected chi connectivity index (χ3v) is 9.92. The predicted molar refractivity (Wildman–Crippen MR) is 170 cm³/mol. The van der Waals surface area contributed by atoms with Gasteiger partial charge in [0.1, 0.15) is 12.1 Å². The molecule has 2 fully saturated rings. The van der Waals surface area contributed by atoms with Crippen LogP contribution in [0.1, 0.15) is 46.1 Å². The Bertz CT molecular complexity index is 1750. The molecule has 1 N–H and O–H groups in total. The number of imide groups is 1. The summed E-state index contributed by atoms with van der Waals surface area (Å²) in [6.45, 7) is 7.81. The minimum absolute atomic E-state index is 0.0304. The monoisotopic (exact) mass is 645 g/mol. The second-order valence-corrected chi connectivity index (χ2v) is 12.2. The molecule has 0 unspecified atom stereocenters. The topological polar surface area (TPSA) is 151 Å². The fraction of sp³-hybridized carbons (Fsp3) is 0.471. The molecule has 4 atom stereocenters. The van der Waals surface area contributed by atoms with E-state index in [0.29, 0.717) is 37.1 Å². The first-order valence-corrected chi connectivity index (χ1v) is 16.0.